The molecule has 0 amide bonds. The zero-order valence-corrected chi connectivity index (χ0v) is 17.4. The molecule has 1 heterocycles. The molecule has 0 fully saturated rings. The minimum atomic E-state index is -0.921. The molecule has 0 radical (unpaired) electrons. The lowest BCUT2D eigenvalue weighted by Crippen LogP contribution is -2.28. The molecule has 3 aromatic carbocycles. The van der Waals surface area contributed by atoms with Crippen LogP contribution in [0, 0.1) is 0 Å². The Morgan fingerprint density at radius 1 is 1.10 bits per heavy atom. The average molecular weight is 415 g/mol. The zero-order chi connectivity index (χ0) is 21.6. The quantitative estimate of drug-likeness (QED) is 0.576. The van der Waals surface area contributed by atoms with Crippen molar-refractivity contribution in [1.29, 1.82) is 0 Å². The molecule has 2 N–H and O–H groups in total. The molecule has 1 aliphatic rings. The molecular weight excluding hydrogens is 390 g/mol. The Hall–Kier alpha value is -3.57. The maximum atomic E-state index is 11.0. The fourth-order valence-corrected chi connectivity index (χ4v) is 3.72. The minimum Gasteiger partial charge on any atom is -0.493 e. The molecule has 5 heteroatoms. The Labute approximate surface area is 182 Å². The molecule has 0 spiro atoms. The van der Waals surface area contributed by atoms with Gasteiger partial charge in [-0.25, -0.2) is 4.79 Å². The topological polar surface area (TPSA) is 67.8 Å². The van der Waals surface area contributed by atoms with Gasteiger partial charge in [-0.3, -0.25) is 0 Å². The summed E-state index contributed by atoms with van der Waals surface area (Å²) in [7, 11) is 1.65. The molecule has 0 saturated heterocycles. The maximum absolute atomic E-state index is 11.0. The molecule has 0 bridgehead atoms. The SMILES string of the molecule is COc1cc2c(cc1OCc1ccccc1)CCNC2/C=C/c1ccc(C(=O)O)cc1. The fourth-order valence-electron chi connectivity index (χ4n) is 3.72. The lowest BCUT2D eigenvalue weighted by atomic mass is 9.93. The van der Waals surface area contributed by atoms with Crippen LogP contribution in [0.1, 0.15) is 38.7 Å². The fraction of sp³-hybridized carbons (Fsp3) is 0.192. The van der Waals surface area contributed by atoms with Gasteiger partial charge in [0, 0.05) is 6.54 Å². The molecule has 3 aromatic rings. The standard InChI is InChI=1S/C26H25NO4/c1-30-24-16-22-21(15-25(24)31-17-19-5-3-2-4-6-19)13-14-27-23(22)12-9-18-7-10-20(11-8-18)26(28)29/h2-12,15-16,23,27H,13-14,17H2,1H3,(H,28,29)/b12-9+. The number of carboxylic acids is 1. The largest absolute Gasteiger partial charge is 0.493 e. The van der Waals surface area contributed by atoms with Crippen LogP contribution >= 0.6 is 0 Å². The summed E-state index contributed by atoms with van der Waals surface area (Å²) in [4.78, 5) is 11.0. The molecule has 4 rings (SSSR count). The zero-order valence-electron chi connectivity index (χ0n) is 17.4. The Bertz CT molecular complexity index is 1070. The summed E-state index contributed by atoms with van der Waals surface area (Å²) in [6, 6.07) is 21.1. The van der Waals surface area contributed by atoms with Crippen molar-refractivity contribution in [2.24, 2.45) is 0 Å². The first-order valence-electron chi connectivity index (χ1n) is 10.3. The number of nitrogens with one attached hydrogen (secondary N) is 1. The van der Waals surface area contributed by atoms with Crippen LogP contribution in [0.3, 0.4) is 0 Å². The highest BCUT2D eigenvalue weighted by atomic mass is 16.5. The lowest BCUT2D eigenvalue weighted by molar-refractivity contribution is 0.0697. The summed E-state index contributed by atoms with van der Waals surface area (Å²) in [5, 5.41) is 12.6. The Kier molecular flexibility index (Phi) is 6.34. The van der Waals surface area contributed by atoms with Crippen LogP contribution in [0.15, 0.2) is 72.8 Å². The van der Waals surface area contributed by atoms with Crippen molar-refractivity contribution < 1.29 is 19.4 Å². The van der Waals surface area contributed by atoms with Gasteiger partial charge in [0.2, 0.25) is 0 Å². The van der Waals surface area contributed by atoms with Gasteiger partial charge in [0.1, 0.15) is 6.61 Å². The normalized spacial score (nSPS) is 15.5. The van der Waals surface area contributed by atoms with Crippen LogP contribution in [0.4, 0.5) is 0 Å². The van der Waals surface area contributed by atoms with E-state index in [2.05, 4.69) is 17.5 Å². The predicted molar refractivity (Wildman–Crippen MR) is 121 cm³/mol. The van der Waals surface area contributed by atoms with E-state index in [1.54, 1.807) is 19.2 Å². The van der Waals surface area contributed by atoms with Gasteiger partial charge >= 0.3 is 5.97 Å². The van der Waals surface area contributed by atoms with Crippen molar-refractivity contribution in [2.45, 2.75) is 19.1 Å². The summed E-state index contributed by atoms with van der Waals surface area (Å²) >= 11 is 0. The number of methoxy groups -OCH3 is 1. The van der Waals surface area contributed by atoms with E-state index in [0.29, 0.717) is 12.4 Å². The van der Waals surface area contributed by atoms with E-state index >= 15 is 0 Å². The van der Waals surface area contributed by atoms with Crippen LogP contribution in [-0.4, -0.2) is 24.7 Å². The van der Waals surface area contributed by atoms with E-state index in [4.69, 9.17) is 14.6 Å². The first-order valence-corrected chi connectivity index (χ1v) is 10.3. The highest BCUT2D eigenvalue weighted by molar-refractivity contribution is 5.87. The van der Waals surface area contributed by atoms with Crippen LogP contribution in [0.2, 0.25) is 0 Å². The van der Waals surface area contributed by atoms with E-state index in [1.807, 2.05) is 54.6 Å². The van der Waals surface area contributed by atoms with Crippen LogP contribution in [-0.2, 0) is 13.0 Å². The third-order valence-corrected chi connectivity index (χ3v) is 5.40. The summed E-state index contributed by atoms with van der Waals surface area (Å²) < 4.78 is 11.7. The molecule has 1 aliphatic heterocycles. The highest BCUT2D eigenvalue weighted by Gasteiger charge is 2.21. The van der Waals surface area contributed by atoms with Crippen molar-refractivity contribution in [1.82, 2.24) is 5.32 Å². The molecule has 31 heavy (non-hydrogen) atoms. The lowest BCUT2D eigenvalue weighted by Gasteiger charge is -2.26. The number of fused-ring (bicyclic) bond motifs is 1. The molecule has 0 aliphatic carbocycles. The summed E-state index contributed by atoms with van der Waals surface area (Å²) in [6.45, 7) is 1.36. The van der Waals surface area contributed by atoms with Crippen LogP contribution in [0.25, 0.3) is 6.08 Å². The van der Waals surface area contributed by atoms with Gasteiger partial charge < -0.3 is 19.9 Å². The van der Waals surface area contributed by atoms with Crippen molar-refractivity contribution in [2.75, 3.05) is 13.7 Å². The summed E-state index contributed by atoms with van der Waals surface area (Å²) in [5.74, 6) is 0.539. The van der Waals surface area contributed by atoms with Gasteiger partial charge in [0.05, 0.1) is 18.7 Å². The van der Waals surface area contributed by atoms with Gasteiger partial charge in [-0.2, -0.15) is 0 Å². The highest BCUT2D eigenvalue weighted by Crippen LogP contribution is 2.36. The number of benzene rings is 3. The maximum Gasteiger partial charge on any atom is 0.335 e. The van der Waals surface area contributed by atoms with Crippen molar-refractivity contribution in [3.05, 3.63) is 101 Å². The monoisotopic (exact) mass is 415 g/mol. The Morgan fingerprint density at radius 3 is 2.58 bits per heavy atom. The number of hydrogen-bond donors (Lipinski definition) is 2. The number of rotatable bonds is 7. The smallest absolute Gasteiger partial charge is 0.335 e. The number of aromatic carboxylic acids is 1. The Morgan fingerprint density at radius 2 is 1.87 bits per heavy atom. The van der Waals surface area contributed by atoms with Crippen LogP contribution < -0.4 is 14.8 Å². The molecular formula is C26H25NO4. The second-order valence-electron chi connectivity index (χ2n) is 7.44. The van der Waals surface area contributed by atoms with E-state index in [-0.39, 0.29) is 11.6 Å². The van der Waals surface area contributed by atoms with Crippen molar-refractivity contribution in [3.63, 3.8) is 0 Å². The van der Waals surface area contributed by atoms with Gasteiger partial charge in [-0.1, -0.05) is 54.6 Å². The second-order valence-corrected chi connectivity index (χ2v) is 7.44. The van der Waals surface area contributed by atoms with Gasteiger partial charge in [0.15, 0.2) is 11.5 Å². The number of ether oxygens (including phenoxy) is 2. The first kappa shape index (κ1) is 20.7. The number of carboxylic acid groups (broad SMARTS) is 1. The molecule has 1 unspecified atom stereocenters. The third-order valence-electron chi connectivity index (χ3n) is 5.40. The van der Waals surface area contributed by atoms with E-state index in [9.17, 15) is 4.79 Å². The summed E-state index contributed by atoms with van der Waals surface area (Å²) in [5.41, 5.74) is 4.74. The van der Waals surface area contributed by atoms with Crippen molar-refractivity contribution in [3.8, 4) is 11.5 Å². The van der Waals surface area contributed by atoms with E-state index < -0.39 is 5.97 Å². The van der Waals surface area contributed by atoms with Crippen LogP contribution in [0.5, 0.6) is 11.5 Å². The van der Waals surface area contributed by atoms with E-state index in [0.717, 1.165) is 35.4 Å². The molecule has 158 valence electrons. The van der Waals surface area contributed by atoms with Gasteiger partial charge in [-0.05, 0) is 52.9 Å². The molecule has 0 saturated carbocycles. The minimum absolute atomic E-state index is 0.0416. The van der Waals surface area contributed by atoms with Gasteiger partial charge in [0.25, 0.3) is 0 Å². The summed E-state index contributed by atoms with van der Waals surface area (Å²) in [6.07, 6.45) is 5.01. The molecule has 5 nitrogen and oxygen atoms in total. The Balaban J connectivity index is 1.54. The predicted octanol–water partition coefficient (Wildman–Crippen LogP) is 4.87. The van der Waals surface area contributed by atoms with Crippen molar-refractivity contribution >= 4 is 12.0 Å². The van der Waals surface area contributed by atoms with E-state index in [1.165, 1.54) is 5.56 Å². The second kappa shape index (κ2) is 9.49. The average Bonchev–Trinajstić information content (AvgIpc) is 2.81. The third kappa shape index (κ3) is 4.95. The number of hydrogen-bond acceptors (Lipinski definition) is 4. The molecule has 1 atom stereocenters. The molecule has 0 aromatic heterocycles. The van der Waals surface area contributed by atoms with Gasteiger partial charge in [-0.15, -0.1) is 0 Å². The number of carbonyl (C=O) groups is 1. The first-order chi connectivity index (χ1) is 15.1.